The van der Waals surface area contributed by atoms with Gasteiger partial charge in [0.15, 0.2) is 0 Å². The largest absolute Gasteiger partial charge is 4.00 e. The fourth-order valence-corrected chi connectivity index (χ4v) is 2.21. The van der Waals surface area contributed by atoms with E-state index in [1.54, 1.807) is 5.57 Å². The zero-order valence-electron chi connectivity index (χ0n) is 10.4. The summed E-state index contributed by atoms with van der Waals surface area (Å²) in [6.07, 6.45) is 24.5. The van der Waals surface area contributed by atoms with Gasteiger partial charge < -0.3 is 24.8 Å². The summed E-state index contributed by atoms with van der Waals surface area (Å²) in [4.78, 5) is 0. The molecule has 1 atom stereocenters. The minimum Gasteiger partial charge on any atom is -1.00 e. The molecule has 18 heavy (non-hydrogen) atoms. The van der Waals surface area contributed by atoms with Crippen molar-refractivity contribution in [2.75, 3.05) is 0 Å². The fraction of sp³-hybridized carbons (Fsp3) is 0.400. The maximum absolute atomic E-state index is 2.99. The number of fused-ring (bicyclic) bond motifs is 1. The van der Waals surface area contributed by atoms with Crippen molar-refractivity contribution in [1.29, 1.82) is 0 Å². The Bertz CT molecular complexity index is 306. The van der Waals surface area contributed by atoms with E-state index in [1.165, 1.54) is 25.7 Å². The van der Waals surface area contributed by atoms with Crippen molar-refractivity contribution in [3.63, 3.8) is 0 Å². The molecule has 0 aromatic carbocycles. The van der Waals surface area contributed by atoms with Crippen LogP contribution in [0.2, 0.25) is 0 Å². The normalized spacial score (nSPS) is 21.8. The molecule has 1 unspecified atom stereocenters. The van der Waals surface area contributed by atoms with Crippen LogP contribution in [0.3, 0.4) is 0 Å². The molecule has 3 heteroatoms. The molecule has 0 spiro atoms. The molecule has 3 aliphatic rings. The number of halogens is 2. The molecule has 0 radical (unpaired) electrons. The Balaban J connectivity index is 0. The molecule has 0 aromatic rings. The number of rotatable bonds is 0. The summed E-state index contributed by atoms with van der Waals surface area (Å²) in [5, 5.41) is 0. The van der Waals surface area contributed by atoms with Crippen molar-refractivity contribution in [3.05, 3.63) is 54.5 Å². The van der Waals surface area contributed by atoms with E-state index < -0.39 is 0 Å². The Morgan fingerprint density at radius 3 is 2.56 bits per heavy atom. The maximum Gasteiger partial charge on any atom is 4.00 e. The fourth-order valence-electron chi connectivity index (χ4n) is 2.21. The van der Waals surface area contributed by atoms with Gasteiger partial charge in [0.25, 0.3) is 0 Å². The van der Waals surface area contributed by atoms with Gasteiger partial charge in [0.1, 0.15) is 0 Å². The van der Waals surface area contributed by atoms with Gasteiger partial charge in [-0.1, -0.05) is 6.42 Å². The van der Waals surface area contributed by atoms with Crippen LogP contribution in [0.15, 0.2) is 42.0 Å². The Labute approximate surface area is 143 Å². The van der Waals surface area contributed by atoms with Gasteiger partial charge in [-0.3, -0.25) is 6.08 Å². The Morgan fingerprint density at radius 2 is 1.94 bits per heavy atom. The van der Waals surface area contributed by atoms with E-state index in [9.17, 15) is 0 Å². The SMILES string of the molecule is C1=CCCC2CC[CH-]C2=C1.[C-]1=CC=CC1.[Cl-].[Cl-].[Zr+4]. The molecule has 1 fully saturated rings. The quantitative estimate of drug-likeness (QED) is 0.447. The first-order valence-corrected chi connectivity index (χ1v) is 5.88. The summed E-state index contributed by atoms with van der Waals surface area (Å²) in [6, 6.07) is 0. The molecular formula is C15H18Cl2Zr. The summed E-state index contributed by atoms with van der Waals surface area (Å²) >= 11 is 0. The summed E-state index contributed by atoms with van der Waals surface area (Å²) in [6.45, 7) is 0. The van der Waals surface area contributed by atoms with Crippen molar-refractivity contribution in [3.8, 4) is 0 Å². The Kier molecular flexibility index (Phi) is 14.1. The first-order chi connectivity index (χ1) is 7.47. The maximum atomic E-state index is 2.99. The molecule has 0 N–H and O–H groups in total. The molecule has 0 aromatic heterocycles. The zero-order chi connectivity index (χ0) is 10.3. The second kappa shape index (κ2) is 12.3. The molecule has 3 aliphatic carbocycles. The van der Waals surface area contributed by atoms with Crippen molar-refractivity contribution in [2.45, 2.75) is 32.1 Å². The Morgan fingerprint density at radius 1 is 1.11 bits per heavy atom. The number of hydrogen-bond acceptors (Lipinski definition) is 0. The summed E-state index contributed by atoms with van der Waals surface area (Å²) in [7, 11) is 0. The van der Waals surface area contributed by atoms with Crippen molar-refractivity contribution < 1.29 is 51.0 Å². The minimum atomic E-state index is 0. The summed E-state index contributed by atoms with van der Waals surface area (Å²) in [5.74, 6) is 0.898. The van der Waals surface area contributed by atoms with Crippen LogP contribution >= 0.6 is 0 Å². The first-order valence-electron chi connectivity index (χ1n) is 5.88. The van der Waals surface area contributed by atoms with E-state index in [-0.39, 0.29) is 51.0 Å². The third-order valence-corrected chi connectivity index (χ3v) is 3.06. The van der Waals surface area contributed by atoms with Crippen molar-refractivity contribution >= 4 is 0 Å². The van der Waals surface area contributed by atoms with Crippen LogP contribution in [0.4, 0.5) is 0 Å². The van der Waals surface area contributed by atoms with E-state index >= 15 is 0 Å². The van der Waals surface area contributed by atoms with Crippen LogP contribution in [0.5, 0.6) is 0 Å². The van der Waals surface area contributed by atoms with Crippen LogP contribution in [-0.2, 0) is 26.2 Å². The van der Waals surface area contributed by atoms with E-state index in [2.05, 4.69) is 36.8 Å². The van der Waals surface area contributed by atoms with Gasteiger partial charge in [0, 0.05) is 0 Å². The Hall–Kier alpha value is 0.293. The molecule has 0 amide bonds. The smallest absolute Gasteiger partial charge is 1.00 e. The second-order valence-electron chi connectivity index (χ2n) is 4.15. The topological polar surface area (TPSA) is 0 Å². The molecule has 0 heterocycles. The molecule has 96 valence electrons. The van der Waals surface area contributed by atoms with Crippen molar-refractivity contribution in [1.82, 2.24) is 0 Å². The third-order valence-electron chi connectivity index (χ3n) is 3.06. The van der Waals surface area contributed by atoms with E-state index in [0.717, 1.165) is 12.3 Å². The van der Waals surface area contributed by atoms with Gasteiger partial charge in [-0.05, 0) is 18.8 Å². The third kappa shape index (κ3) is 7.02. The van der Waals surface area contributed by atoms with Crippen LogP contribution in [0.25, 0.3) is 0 Å². The van der Waals surface area contributed by atoms with Gasteiger partial charge in [-0.2, -0.15) is 6.08 Å². The van der Waals surface area contributed by atoms with Crippen LogP contribution < -0.4 is 24.8 Å². The van der Waals surface area contributed by atoms with Gasteiger partial charge in [-0.25, -0.2) is 30.2 Å². The van der Waals surface area contributed by atoms with Crippen LogP contribution in [0, 0.1) is 18.4 Å². The number of allylic oxidation sites excluding steroid dienone is 8. The average molecular weight is 360 g/mol. The molecule has 0 nitrogen and oxygen atoms in total. The monoisotopic (exact) mass is 358 g/mol. The summed E-state index contributed by atoms with van der Waals surface area (Å²) < 4.78 is 0. The minimum absolute atomic E-state index is 0. The number of hydrogen-bond donors (Lipinski definition) is 0. The first kappa shape index (κ1) is 20.6. The van der Waals surface area contributed by atoms with E-state index in [4.69, 9.17) is 0 Å². The van der Waals surface area contributed by atoms with Gasteiger partial charge in [0.05, 0.1) is 0 Å². The van der Waals surface area contributed by atoms with E-state index in [0.29, 0.717) is 0 Å². The van der Waals surface area contributed by atoms with Crippen LogP contribution in [-0.4, -0.2) is 0 Å². The molecule has 3 rings (SSSR count). The standard InChI is InChI=1S/C10H13.C5H5.2ClH.Zr/c1-2-5-9-7-4-8-10(9)6-3-1;1-2-4-5-3-1;;;/h1-2,5,7,10H,3-4,6,8H2;1-3H,4H2;2*1H;/q2*-1;;;+4/p-2. The average Bonchev–Trinajstić information content (AvgIpc) is 2.90. The molecule has 0 saturated heterocycles. The molecular weight excluding hydrogens is 342 g/mol. The predicted octanol–water partition coefficient (Wildman–Crippen LogP) is -1.81. The van der Waals surface area contributed by atoms with E-state index in [1.807, 2.05) is 12.2 Å². The molecule has 0 bridgehead atoms. The predicted molar refractivity (Wildman–Crippen MR) is 65.1 cm³/mol. The van der Waals surface area contributed by atoms with Gasteiger partial charge in [0.2, 0.25) is 0 Å². The zero-order valence-corrected chi connectivity index (χ0v) is 14.4. The van der Waals surface area contributed by atoms with Crippen LogP contribution in [0.1, 0.15) is 32.1 Å². The van der Waals surface area contributed by atoms with Gasteiger partial charge >= 0.3 is 26.2 Å². The second-order valence-corrected chi connectivity index (χ2v) is 4.15. The van der Waals surface area contributed by atoms with Gasteiger partial charge in [-0.15, -0.1) is 25.0 Å². The van der Waals surface area contributed by atoms with Crippen molar-refractivity contribution in [2.24, 2.45) is 5.92 Å². The molecule has 1 saturated carbocycles. The molecule has 0 aliphatic heterocycles. The summed E-state index contributed by atoms with van der Waals surface area (Å²) in [5.41, 5.74) is 1.59.